The number of piperazine rings is 1. The minimum atomic E-state index is 0.0233. The summed E-state index contributed by atoms with van der Waals surface area (Å²) in [6.07, 6.45) is 3.79. The summed E-state index contributed by atoms with van der Waals surface area (Å²) < 4.78 is 0. The molecule has 0 atom stereocenters. The first-order valence-corrected chi connectivity index (χ1v) is 13.6. The lowest BCUT2D eigenvalue weighted by Gasteiger charge is -2.36. The monoisotopic (exact) mass is 525 g/mol. The summed E-state index contributed by atoms with van der Waals surface area (Å²) in [4.78, 5) is 34.6. The van der Waals surface area contributed by atoms with Crippen LogP contribution in [0.2, 0.25) is 0 Å². The van der Waals surface area contributed by atoms with Crippen molar-refractivity contribution in [2.45, 2.75) is 13.8 Å². The van der Waals surface area contributed by atoms with Crippen LogP contribution in [-0.4, -0.2) is 103 Å². The molecule has 0 spiro atoms. The fraction of sp³-hybridized carbons (Fsp3) is 0.387. The van der Waals surface area contributed by atoms with Gasteiger partial charge in [0.05, 0.1) is 11.9 Å². The summed E-state index contributed by atoms with van der Waals surface area (Å²) in [5, 5.41) is 0. The van der Waals surface area contributed by atoms with Crippen molar-refractivity contribution in [2.24, 2.45) is 0 Å². The topological polar surface area (TPSA) is 71.6 Å². The number of nitrogens with one attached hydrogen (secondary N) is 1. The molecule has 5 rings (SSSR count). The summed E-state index contributed by atoms with van der Waals surface area (Å²) >= 11 is 0. The smallest absolute Gasteiger partial charge is 0.253 e. The van der Waals surface area contributed by atoms with Crippen LogP contribution in [0.15, 0.2) is 48.8 Å². The van der Waals surface area contributed by atoms with Crippen LogP contribution >= 0.6 is 0 Å². The summed E-state index contributed by atoms with van der Waals surface area (Å²) in [6.45, 7) is 10.2. The predicted molar refractivity (Wildman–Crippen MR) is 159 cm³/mol. The Morgan fingerprint density at radius 3 is 2.26 bits per heavy atom. The van der Waals surface area contributed by atoms with Gasteiger partial charge in [-0.3, -0.25) is 4.79 Å². The standard InChI is InChI=1S/C31H39N7O/c1-21-17-25(18-22(2)29(21)38-15-12-36(5)13-16-38)27-20-33-30-28(34-27)26(19-32-30)23-7-9-24(10-8-23)31(39)37(6)14-11-35(3)4/h7-10,17-20H,11-16H2,1-6H3,(H,32,33). The molecule has 1 aliphatic heterocycles. The lowest BCUT2D eigenvalue weighted by atomic mass is 10.0. The number of hydrogen-bond acceptors (Lipinski definition) is 6. The Morgan fingerprint density at radius 2 is 1.62 bits per heavy atom. The Bertz CT molecular complexity index is 1440. The summed E-state index contributed by atoms with van der Waals surface area (Å²) in [5.41, 5.74) is 10.0. The number of aryl methyl sites for hydroxylation is 2. The van der Waals surface area contributed by atoms with E-state index < -0.39 is 0 Å². The van der Waals surface area contributed by atoms with Gasteiger partial charge in [0.1, 0.15) is 5.52 Å². The number of anilines is 1. The molecule has 0 unspecified atom stereocenters. The first-order chi connectivity index (χ1) is 18.7. The van der Waals surface area contributed by atoms with Gasteiger partial charge in [-0.1, -0.05) is 12.1 Å². The molecule has 1 amide bonds. The minimum Gasteiger partial charge on any atom is -0.369 e. The molecular weight excluding hydrogens is 486 g/mol. The molecule has 39 heavy (non-hydrogen) atoms. The second-order valence-corrected chi connectivity index (χ2v) is 11.0. The van der Waals surface area contributed by atoms with Crippen LogP contribution in [0.4, 0.5) is 5.69 Å². The van der Waals surface area contributed by atoms with Gasteiger partial charge < -0.3 is 24.6 Å². The molecule has 1 saturated heterocycles. The van der Waals surface area contributed by atoms with E-state index in [0.29, 0.717) is 12.1 Å². The molecular formula is C31H39N7O. The van der Waals surface area contributed by atoms with Crippen molar-refractivity contribution in [1.29, 1.82) is 0 Å². The van der Waals surface area contributed by atoms with E-state index >= 15 is 0 Å². The molecule has 0 saturated carbocycles. The lowest BCUT2D eigenvalue weighted by molar-refractivity contribution is 0.0786. The second-order valence-electron chi connectivity index (χ2n) is 11.0. The zero-order valence-corrected chi connectivity index (χ0v) is 24.0. The highest BCUT2D eigenvalue weighted by Crippen LogP contribution is 2.33. The molecule has 3 heterocycles. The van der Waals surface area contributed by atoms with Gasteiger partial charge in [-0.25, -0.2) is 9.97 Å². The van der Waals surface area contributed by atoms with Gasteiger partial charge in [-0.05, 0) is 75.9 Å². The fourth-order valence-electron chi connectivity index (χ4n) is 5.35. The van der Waals surface area contributed by atoms with E-state index in [1.807, 2.05) is 57.8 Å². The van der Waals surface area contributed by atoms with E-state index in [1.54, 1.807) is 4.90 Å². The maximum Gasteiger partial charge on any atom is 0.253 e. The van der Waals surface area contributed by atoms with E-state index in [2.05, 4.69) is 57.7 Å². The number of rotatable bonds is 7. The Kier molecular flexibility index (Phi) is 7.68. The van der Waals surface area contributed by atoms with Crippen LogP contribution in [0.3, 0.4) is 0 Å². The Balaban J connectivity index is 1.41. The number of fused-ring (bicyclic) bond motifs is 1. The molecule has 2 aromatic heterocycles. The van der Waals surface area contributed by atoms with Crippen molar-refractivity contribution in [3.05, 3.63) is 65.5 Å². The van der Waals surface area contributed by atoms with Crippen LogP contribution in [0, 0.1) is 13.8 Å². The van der Waals surface area contributed by atoms with Gasteiger partial charge in [-0.2, -0.15) is 0 Å². The number of hydrogen-bond donors (Lipinski definition) is 1. The lowest BCUT2D eigenvalue weighted by Crippen LogP contribution is -2.45. The zero-order valence-electron chi connectivity index (χ0n) is 24.0. The molecule has 8 heteroatoms. The van der Waals surface area contributed by atoms with E-state index in [0.717, 1.165) is 66.3 Å². The number of carbonyl (C=O) groups is 1. The fourth-order valence-corrected chi connectivity index (χ4v) is 5.35. The number of H-pyrrole nitrogens is 1. The molecule has 8 nitrogen and oxygen atoms in total. The second kappa shape index (κ2) is 11.2. The van der Waals surface area contributed by atoms with E-state index in [-0.39, 0.29) is 5.91 Å². The number of nitrogens with zero attached hydrogens (tertiary/aromatic N) is 6. The summed E-state index contributed by atoms with van der Waals surface area (Å²) in [6, 6.07) is 12.2. The highest BCUT2D eigenvalue weighted by atomic mass is 16.2. The van der Waals surface area contributed by atoms with Crippen molar-refractivity contribution in [2.75, 3.05) is 72.4 Å². The van der Waals surface area contributed by atoms with Crippen molar-refractivity contribution in [1.82, 2.24) is 29.7 Å². The van der Waals surface area contributed by atoms with Gasteiger partial charge in [0.2, 0.25) is 0 Å². The molecule has 4 aromatic rings. The average molecular weight is 526 g/mol. The minimum absolute atomic E-state index is 0.0233. The third-order valence-electron chi connectivity index (χ3n) is 7.66. The van der Waals surface area contributed by atoms with Crippen LogP contribution in [0.25, 0.3) is 33.5 Å². The van der Waals surface area contributed by atoms with Gasteiger partial charge in [0.15, 0.2) is 5.65 Å². The van der Waals surface area contributed by atoms with E-state index in [1.165, 1.54) is 16.8 Å². The maximum atomic E-state index is 12.8. The number of carbonyl (C=O) groups excluding carboxylic acids is 1. The van der Waals surface area contributed by atoms with Gasteiger partial charge in [0, 0.05) is 74.9 Å². The number of benzene rings is 2. The van der Waals surface area contributed by atoms with Crippen LogP contribution < -0.4 is 4.90 Å². The number of aromatic nitrogens is 3. The maximum absolute atomic E-state index is 12.8. The largest absolute Gasteiger partial charge is 0.369 e. The highest BCUT2D eigenvalue weighted by molar-refractivity contribution is 5.96. The van der Waals surface area contributed by atoms with Crippen LogP contribution in [0.5, 0.6) is 0 Å². The number of aromatic amines is 1. The molecule has 0 radical (unpaired) electrons. The number of amides is 1. The van der Waals surface area contributed by atoms with E-state index in [9.17, 15) is 4.79 Å². The molecule has 0 bridgehead atoms. The summed E-state index contributed by atoms with van der Waals surface area (Å²) in [7, 11) is 8.05. The van der Waals surface area contributed by atoms with Gasteiger partial charge in [0.25, 0.3) is 5.91 Å². The average Bonchev–Trinajstić information content (AvgIpc) is 3.35. The third kappa shape index (κ3) is 5.67. The quantitative estimate of drug-likeness (QED) is 0.388. The van der Waals surface area contributed by atoms with Gasteiger partial charge >= 0.3 is 0 Å². The molecule has 1 aliphatic rings. The first kappa shape index (κ1) is 26.8. The molecule has 1 fully saturated rings. The highest BCUT2D eigenvalue weighted by Gasteiger charge is 2.19. The Morgan fingerprint density at radius 1 is 0.949 bits per heavy atom. The first-order valence-electron chi connectivity index (χ1n) is 13.6. The summed E-state index contributed by atoms with van der Waals surface area (Å²) in [5.74, 6) is 0.0233. The molecule has 2 aromatic carbocycles. The zero-order chi connectivity index (χ0) is 27.7. The van der Waals surface area contributed by atoms with E-state index in [4.69, 9.17) is 4.98 Å². The molecule has 204 valence electrons. The Labute approximate surface area is 231 Å². The van der Waals surface area contributed by atoms with Crippen LogP contribution in [0.1, 0.15) is 21.5 Å². The SMILES string of the molecule is Cc1cc(-c2cnc3[nH]cc(-c4ccc(C(=O)N(C)CCN(C)C)cc4)c3n2)cc(C)c1N1CCN(C)CC1. The van der Waals surface area contributed by atoms with Crippen molar-refractivity contribution >= 4 is 22.8 Å². The molecule has 1 N–H and O–H groups in total. The van der Waals surface area contributed by atoms with Crippen molar-refractivity contribution in [3.8, 4) is 22.4 Å². The predicted octanol–water partition coefficient (Wildman–Crippen LogP) is 4.29. The number of likely N-dealkylation sites (N-methyl/N-ethyl adjacent to an activating group) is 3. The Hall–Kier alpha value is -3.75. The van der Waals surface area contributed by atoms with Crippen molar-refractivity contribution < 1.29 is 4.79 Å². The third-order valence-corrected chi connectivity index (χ3v) is 7.66. The van der Waals surface area contributed by atoms with Gasteiger partial charge in [-0.15, -0.1) is 0 Å². The van der Waals surface area contributed by atoms with Crippen molar-refractivity contribution in [3.63, 3.8) is 0 Å². The normalized spacial score (nSPS) is 14.4. The van der Waals surface area contributed by atoms with Crippen LogP contribution in [-0.2, 0) is 0 Å². The molecule has 0 aliphatic carbocycles.